The van der Waals surface area contributed by atoms with Crippen molar-refractivity contribution in [3.8, 4) is 5.75 Å². The zero-order valence-electron chi connectivity index (χ0n) is 17.3. The number of sulfonamides is 1. The van der Waals surface area contributed by atoms with Crippen LogP contribution in [0.1, 0.15) is 24.4 Å². The molecule has 162 valence electrons. The van der Waals surface area contributed by atoms with Crippen molar-refractivity contribution in [1.82, 2.24) is 9.21 Å². The van der Waals surface area contributed by atoms with Gasteiger partial charge >= 0.3 is 0 Å². The Hall–Kier alpha value is -2.13. The highest BCUT2D eigenvalue weighted by Crippen LogP contribution is 2.32. The van der Waals surface area contributed by atoms with Crippen LogP contribution < -0.4 is 10.1 Å². The van der Waals surface area contributed by atoms with Crippen molar-refractivity contribution in [3.63, 3.8) is 0 Å². The van der Waals surface area contributed by atoms with E-state index >= 15 is 0 Å². The molecule has 1 amide bonds. The molecule has 0 spiro atoms. The third-order valence-corrected chi connectivity index (χ3v) is 7.48. The van der Waals surface area contributed by atoms with Crippen molar-refractivity contribution in [1.29, 1.82) is 0 Å². The molecule has 0 aliphatic carbocycles. The summed E-state index contributed by atoms with van der Waals surface area (Å²) in [6.07, 6.45) is 1.99. The number of nitrogens with one attached hydrogen (secondary N) is 1. The Morgan fingerprint density at radius 1 is 1.23 bits per heavy atom. The van der Waals surface area contributed by atoms with Gasteiger partial charge < -0.3 is 10.1 Å². The number of benzene rings is 2. The van der Waals surface area contributed by atoms with Crippen LogP contribution in [0.3, 0.4) is 0 Å². The molecule has 30 heavy (non-hydrogen) atoms. The van der Waals surface area contributed by atoms with Crippen molar-refractivity contribution in [2.75, 3.05) is 39.6 Å². The zero-order chi connectivity index (χ0) is 21.9. The highest BCUT2D eigenvalue weighted by atomic mass is 35.5. The van der Waals surface area contributed by atoms with Gasteiger partial charge in [-0.25, -0.2) is 12.7 Å². The van der Waals surface area contributed by atoms with Crippen LogP contribution in [0.2, 0.25) is 5.02 Å². The Balaban J connectivity index is 1.70. The first-order valence-electron chi connectivity index (χ1n) is 9.62. The van der Waals surface area contributed by atoms with Crippen molar-refractivity contribution < 1.29 is 17.9 Å². The summed E-state index contributed by atoms with van der Waals surface area (Å²) in [6, 6.07) is 12.5. The van der Waals surface area contributed by atoms with Gasteiger partial charge in [0.2, 0.25) is 15.9 Å². The molecule has 1 unspecified atom stereocenters. The third-order valence-electron chi connectivity index (χ3n) is 5.18. The quantitative estimate of drug-likeness (QED) is 0.698. The van der Waals surface area contributed by atoms with E-state index in [1.807, 2.05) is 24.3 Å². The number of carbonyl (C=O) groups is 1. The van der Waals surface area contributed by atoms with E-state index in [0.29, 0.717) is 5.69 Å². The number of ether oxygens (including phenoxy) is 1. The summed E-state index contributed by atoms with van der Waals surface area (Å²) in [4.78, 5) is 14.8. The molecule has 1 atom stereocenters. The highest BCUT2D eigenvalue weighted by Gasteiger charge is 2.28. The van der Waals surface area contributed by atoms with E-state index in [9.17, 15) is 13.2 Å². The van der Waals surface area contributed by atoms with Gasteiger partial charge in [-0.2, -0.15) is 0 Å². The van der Waals surface area contributed by atoms with Crippen LogP contribution in [0.15, 0.2) is 47.4 Å². The minimum Gasteiger partial charge on any atom is -0.497 e. The summed E-state index contributed by atoms with van der Waals surface area (Å²) < 4.78 is 31.2. The van der Waals surface area contributed by atoms with Crippen LogP contribution in [-0.4, -0.2) is 57.8 Å². The molecule has 2 aromatic carbocycles. The molecule has 9 heteroatoms. The summed E-state index contributed by atoms with van der Waals surface area (Å²) in [7, 11) is 0.791. The molecule has 0 radical (unpaired) electrons. The van der Waals surface area contributed by atoms with Gasteiger partial charge in [0.25, 0.3) is 0 Å². The average Bonchev–Trinajstić information content (AvgIpc) is 3.17. The predicted molar refractivity (Wildman–Crippen MR) is 117 cm³/mol. The minimum atomic E-state index is -3.71. The molecular weight excluding hydrogens is 426 g/mol. The molecular formula is C21H26ClN3O4S. The molecule has 1 aliphatic rings. The van der Waals surface area contributed by atoms with Crippen LogP contribution in [0.4, 0.5) is 5.69 Å². The van der Waals surface area contributed by atoms with Gasteiger partial charge in [0.15, 0.2) is 0 Å². The fourth-order valence-electron chi connectivity index (χ4n) is 3.58. The van der Waals surface area contributed by atoms with E-state index in [2.05, 4.69) is 10.2 Å². The highest BCUT2D eigenvalue weighted by molar-refractivity contribution is 7.89. The smallest absolute Gasteiger partial charge is 0.244 e. The molecule has 3 rings (SSSR count). The summed E-state index contributed by atoms with van der Waals surface area (Å²) >= 11 is 6.07. The first-order valence-corrected chi connectivity index (χ1v) is 11.4. The normalized spacial score (nSPS) is 17.3. The number of hydrogen-bond donors (Lipinski definition) is 1. The van der Waals surface area contributed by atoms with E-state index in [1.165, 1.54) is 26.2 Å². The van der Waals surface area contributed by atoms with Crippen LogP contribution in [-0.2, 0) is 14.8 Å². The first kappa shape index (κ1) is 22.6. The maximum Gasteiger partial charge on any atom is 0.244 e. The molecule has 1 saturated heterocycles. The molecule has 1 fully saturated rings. The van der Waals surface area contributed by atoms with E-state index in [4.69, 9.17) is 16.3 Å². The molecule has 0 saturated carbocycles. The second-order valence-corrected chi connectivity index (χ2v) is 9.91. The third kappa shape index (κ3) is 4.95. The fraction of sp³-hybridized carbons (Fsp3) is 0.381. The van der Waals surface area contributed by atoms with E-state index < -0.39 is 10.0 Å². The standard InChI is InChI=1S/C21H26ClN3O4S/c1-24(2)30(27,28)20-13-16(8-11-18(20)22)23-21(26)14-25-12-4-5-19(25)15-6-9-17(29-3)10-7-15/h6-11,13,19H,4-5,12,14H2,1-3H3,(H,23,26). The Morgan fingerprint density at radius 2 is 1.93 bits per heavy atom. The number of halogens is 1. The van der Waals surface area contributed by atoms with Gasteiger partial charge in [-0.1, -0.05) is 23.7 Å². The topological polar surface area (TPSA) is 79.0 Å². The van der Waals surface area contributed by atoms with Crippen LogP contribution in [0.5, 0.6) is 5.75 Å². The summed E-state index contributed by atoms with van der Waals surface area (Å²) in [5.41, 5.74) is 1.54. The minimum absolute atomic E-state index is 0.0377. The Bertz CT molecular complexity index is 1010. The van der Waals surface area contributed by atoms with Crippen molar-refractivity contribution >= 4 is 33.2 Å². The molecule has 0 aromatic heterocycles. The Labute approximate surface area is 182 Å². The van der Waals surface area contributed by atoms with Crippen LogP contribution >= 0.6 is 11.6 Å². The number of nitrogens with zero attached hydrogens (tertiary/aromatic N) is 2. The lowest BCUT2D eigenvalue weighted by Gasteiger charge is -2.24. The number of hydrogen-bond acceptors (Lipinski definition) is 5. The molecule has 2 aromatic rings. The Morgan fingerprint density at radius 3 is 2.57 bits per heavy atom. The fourth-order valence-corrected chi connectivity index (χ4v) is 4.97. The van der Waals surface area contributed by atoms with Gasteiger partial charge in [0, 0.05) is 25.8 Å². The van der Waals surface area contributed by atoms with Crippen LogP contribution in [0.25, 0.3) is 0 Å². The average molecular weight is 452 g/mol. The summed E-state index contributed by atoms with van der Waals surface area (Å²) in [5, 5.41) is 2.91. The first-order chi connectivity index (χ1) is 14.2. The SMILES string of the molecule is COc1ccc(C2CCCN2CC(=O)Nc2ccc(Cl)c(S(=O)(=O)N(C)C)c2)cc1. The van der Waals surface area contributed by atoms with Gasteiger partial charge in [0.1, 0.15) is 10.6 Å². The van der Waals surface area contributed by atoms with E-state index in [1.54, 1.807) is 13.2 Å². The summed E-state index contributed by atoms with van der Waals surface area (Å²) in [6.45, 7) is 1.04. The number of amides is 1. The van der Waals surface area contributed by atoms with Crippen molar-refractivity contribution in [2.24, 2.45) is 0 Å². The lowest BCUT2D eigenvalue weighted by atomic mass is 10.0. The van der Waals surface area contributed by atoms with Crippen molar-refractivity contribution in [2.45, 2.75) is 23.8 Å². The lowest BCUT2D eigenvalue weighted by molar-refractivity contribution is -0.117. The maximum absolute atomic E-state index is 12.7. The Kier molecular flexibility index (Phi) is 7.02. The number of likely N-dealkylation sites (tertiary alicyclic amines) is 1. The number of rotatable bonds is 7. The largest absolute Gasteiger partial charge is 0.497 e. The second-order valence-electron chi connectivity index (χ2n) is 7.38. The van der Waals surface area contributed by atoms with Gasteiger partial charge in [0.05, 0.1) is 18.7 Å². The van der Waals surface area contributed by atoms with Gasteiger partial charge in [-0.15, -0.1) is 0 Å². The maximum atomic E-state index is 12.7. The summed E-state index contributed by atoms with van der Waals surface area (Å²) in [5.74, 6) is 0.596. The predicted octanol–water partition coefficient (Wildman–Crippen LogP) is 3.37. The molecule has 1 aliphatic heterocycles. The second kappa shape index (κ2) is 9.34. The number of carbonyl (C=O) groups excluding carboxylic acids is 1. The van der Waals surface area contributed by atoms with Gasteiger partial charge in [-0.05, 0) is 55.3 Å². The zero-order valence-corrected chi connectivity index (χ0v) is 18.8. The lowest BCUT2D eigenvalue weighted by Crippen LogP contribution is -2.33. The number of methoxy groups -OCH3 is 1. The van der Waals surface area contributed by atoms with Crippen molar-refractivity contribution in [3.05, 3.63) is 53.1 Å². The molecule has 1 N–H and O–H groups in total. The van der Waals surface area contributed by atoms with Crippen LogP contribution in [0, 0.1) is 0 Å². The van der Waals surface area contributed by atoms with E-state index in [0.717, 1.165) is 35.0 Å². The molecule has 1 heterocycles. The van der Waals surface area contributed by atoms with E-state index in [-0.39, 0.29) is 28.4 Å². The number of anilines is 1. The molecule has 7 nitrogen and oxygen atoms in total. The monoisotopic (exact) mass is 451 g/mol. The van der Waals surface area contributed by atoms with Gasteiger partial charge in [-0.3, -0.25) is 9.69 Å². The molecule has 0 bridgehead atoms.